The highest BCUT2D eigenvalue weighted by atomic mass is 32.2. The summed E-state index contributed by atoms with van der Waals surface area (Å²) in [7, 11) is 0. The summed E-state index contributed by atoms with van der Waals surface area (Å²) in [5, 5.41) is 8.11. The van der Waals surface area contributed by atoms with Gasteiger partial charge in [-0.25, -0.2) is 14.5 Å². The molecule has 8 nitrogen and oxygen atoms in total. The topological polar surface area (TPSA) is 84.6 Å². The van der Waals surface area contributed by atoms with Crippen LogP contribution in [0.3, 0.4) is 0 Å². The molecule has 1 atom stereocenters. The third kappa shape index (κ3) is 7.56. The van der Waals surface area contributed by atoms with Gasteiger partial charge in [0.1, 0.15) is 12.1 Å². The van der Waals surface area contributed by atoms with Gasteiger partial charge in [0.2, 0.25) is 0 Å². The Kier molecular flexibility index (Phi) is 9.05. The number of hydrogen-bond acceptors (Lipinski definition) is 5. The fourth-order valence-corrected chi connectivity index (χ4v) is 5.68. The molecule has 1 fully saturated rings. The van der Waals surface area contributed by atoms with Gasteiger partial charge in [0.25, 0.3) is 0 Å². The maximum absolute atomic E-state index is 13.0. The zero-order chi connectivity index (χ0) is 30.6. The van der Waals surface area contributed by atoms with Crippen LogP contribution in [-0.2, 0) is 0 Å². The number of amides is 2. The predicted molar refractivity (Wildman–Crippen MR) is 163 cm³/mol. The van der Waals surface area contributed by atoms with Gasteiger partial charge in [-0.15, -0.1) is 18.3 Å². The van der Waals surface area contributed by atoms with Crippen LogP contribution in [0.15, 0.2) is 84.1 Å². The molecule has 1 aromatic heterocycles. The molecule has 43 heavy (non-hydrogen) atoms. The molecule has 0 saturated carbocycles. The first-order valence-electron chi connectivity index (χ1n) is 13.8. The summed E-state index contributed by atoms with van der Waals surface area (Å²) in [6.45, 7) is 7.02. The van der Waals surface area contributed by atoms with Crippen molar-refractivity contribution in [3.8, 4) is 22.8 Å². The van der Waals surface area contributed by atoms with Crippen LogP contribution < -0.4 is 15.0 Å². The molecule has 0 radical (unpaired) electrons. The first kappa shape index (κ1) is 30.1. The summed E-state index contributed by atoms with van der Waals surface area (Å²) in [6, 6.07) is 20.4. The lowest BCUT2D eigenvalue weighted by Crippen LogP contribution is -2.36. The number of carbonyl (C=O) groups excluding carboxylic acids is 1. The van der Waals surface area contributed by atoms with Crippen molar-refractivity contribution in [3.63, 3.8) is 0 Å². The van der Waals surface area contributed by atoms with Crippen molar-refractivity contribution in [2.24, 2.45) is 4.99 Å². The van der Waals surface area contributed by atoms with Crippen LogP contribution in [-0.4, -0.2) is 44.6 Å². The number of alkyl halides is 3. The van der Waals surface area contributed by atoms with E-state index in [4.69, 9.17) is 0 Å². The molecule has 2 amide bonds. The Morgan fingerprint density at radius 3 is 2.44 bits per heavy atom. The second-order valence-corrected chi connectivity index (χ2v) is 11.4. The second-order valence-electron chi connectivity index (χ2n) is 10.3. The van der Waals surface area contributed by atoms with E-state index in [1.807, 2.05) is 43.3 Å². The Morgan fingerprint density at radius 2 is 1.74 bits per heavy atom. The standard InChI is InChI=1S/C31H31F3N6O2S/c1-20(2)26-7-4-5-8-27(26)39-17-6-18-43-30(39)37-29(41)36-21(3)22-9-11-23(12-10-22)28-35-19-40(38-28)24-13-15-25(16-14-24)42-31(32,33)34/h4-5,7-16,19-21H,6,17-18H2,1-3H3,(H,36,41)/b37-30-. The highest BCUT2D eigenvalue weighted by molar-refractivity contribution is 8.14. The summed E-state index contributed by atoms with van der Waals surface area (Å²) in [5.41, 5.74) is 4.47. The molecule has 5 rings (SSSR count). The molecule has 3 aromatic carbocycles. The van der Waals surface area contributed by atoms with E-state index in [9.17, 15) is 18.0 Å². The Bertz CT molecular complexity index is 1590. The molecule has 1 aliphatic heterocycles. The number of amidine groups is 1. The van der Waals surface area contributed by atoms with Crippen molar-refractivity contribution in [3.05, 3.63) is 90.3 Å². The number of para-hydroxylation sites is 1. The average Bonchev–Trinajstić information content (AvgIpc) is 3.47. The van der Waals surface area contributed by atoms with Crippen LogP contribution in [0, 0.1) is 0 Å². The highest BCUT2D eigenvalue weighted by Crippen LogP contribution is 2.32. The maximum atomic E-state index is 13.0. The summed E-state index contributed by atoms with van der Waals surface area (Å²) in [4.78, 5) is 23.9. The fraction of sp³-hybridized carbons (Fsp3) is 0.290. The number of benzene rings is 3. The number of anilines is 1. The number of carbonyl (C=O) groups is 1. The normalized spacial score (nSPS) is 15.5. The monoisotopic (exact) mass is 608 g/mol. The minimum Gasteiger partial charge on any atom is -0.406 e. The van der Waals surface area contributed by atoms with E-state index in [-0.39, 0.29) is 11.8 Å². The maximum Gasteiger partial charge on any atom is 0.573 e. The average molecular weight is 609 g/mol. The molecule has 1 N–H and O–H groups in total. The summed E-state index contributed by atoms with van der Waals surface area (Å²) < 4.78 is 42.6. The van der Waals surface area contributed by atoms with Gasteiger partial charge in [-0.05, 0) is 60.7 Å². The van der Waals surface area contributed by atoms with Crippen molar-refractivity contribution in [2.75, 3.05) is 17.2 Å². The van der Waals surface area contributed by atoms with Gasteiger partial charge in [-0.1, -0.05) is 68.1 Å². The molecular formula is C31H31F3N6O2S. The van der Waals surface area contributed by atoms with Crippen LogP contribution in [0.4, 0.5) is 23.7 Å². The van der Waals surface area contributed by atoms with E-state index < -0.39 is 12.4 Å². The third-order valence-electron chi connectivity index (χ3n) is 6.87. The first-order chi connectivity index (χ1) is 20.6. The number of thioether (sulfide) groups is 1. The molecule has 12 heteroatoms. The first-order valence-corrected chi connectivity index (χ1v) is 14.8. The number of nitrogens with one attached hydrogen (secondary N) is 1. The van der Waals surface area contributed by atoms with E-state index in [0.29, 0.717) is 22.6 Å². The zero-order valence-corrected chi connectivity index (χ0v) is 24.7. The lowest BCUT2D eigenvalue weighted by atomic mass is 10.0. The minimum atomic E-state index is -4.75. The molecule has 2 heterocycles. The lowest BCUT2D eigenvalue weighted by Gasteiger charge is -2.32. The Morgan fingerprint density at radius 1 is 1.02 bits per heavy atom. The third-order valence-corrected chi connectivity index (χ3v) is 7.93. The van der Waals surface area contributed by atoms with Gasteiger partial charge in [0.05, 0.1) is 11.7 Å². The molecule has 0 bridgehead atoms. The number of aliphatic imine (C=N–C) groups is 1. The molecular weight excluding hydrogens is 577 g/mol. The van der Waals surface area contributed by atoms with Crippen molar-refractivity contribution < 1.29 is 22.7 Å². The Hall–Kier alpha value is -4.32. The summed E-state index contributed by atoms with van der Waals surface area (Å²) in [5.74, 6) is 1.39. The summed E-state index contributed by atoms with van der Waals surface area (Å²) in [6.07, 6.45) is -2.26. The van der Waals surface area contributed by atoms with Crippen LogP contribution >= 0.6 is 11.8 Å². The predicted octanol–water partition coefficient (Wildman–Crippen LogP) is 7.73. The molecule has 0 aliphatic carbocycles. The van der Waals surface area contributed by atoms with Gasteiger partial charge < -0.3 is 15.0 Å². The molecule has 224 valence electrons. The Balaban J connectivity index is 1.24. The van der Waals surface area contributed by atoms with E-state index in [1.165, 1.54) is 40.8 Å². The van der Waals surface area contributed by atoms with Crippen molar-refractivity contribution in [1.82, 2.24) is 20.1 Å². The zero-order valence-electron chi connectivity index (χ0n) is 23.9. The van der Waals surface area contributed by atoms with Crippen LogP contribution in [0.25, 0.3) is 17.1 Å². The quantitative estimate of drug-likeness (QED) is 0.231. The largest absolute Gasteiger partial charge is 0.573 e. The van der Waals surface area contributed by atoms with Gasteiger partial charge in [-0.2, -0.15) is 4.99 Å². The lowest BCUT2D eigenvalue weighted by molar-refractivity contribution is -0.274. The molecule has 1 aliphatic rings. The number of halogens is 3. The fourth-order valence-electron chi connectivity index (χ4n) is 4.73. The van der Waals surface area contributed by atoms with Crippen molar-refractivity contribution in [1.29, 1.82) is 0 Å². The van der Waals surface area contributed by atoms with E-state index in [0.717, 1.165) is 35.5 Å². The van der Waals surface area contributed by atoms with E-state index >= 15 is 0 Å². The number of urea groups is 1. The van der Waals surface area contributed by atoms with Crippen LogP contribution in [0.2, 0.25) is 0 Å². The van der Waals surface area contributed by atoms with Gasteiger partial charge in [0, 0.05) is 23.5 Å². The Labute approximate surface area is 252 Å². The van der Waals surface area contributed by atoms with Gasteiger partial charge in [0.15, 0.2) is 11.0 Å². The number of rotatable bonds is 7. The van der Waals surface area contributed by atoms with Crippen LogP contribution in [0.5, 0.6) is 5.75 Å². The number of aromatic nitrogens is 3. The molecule has 1 unspecified atom stereocenters. The molecule has 1 saturated heterocycles. The second kappa shape index (κ2) is 12.9. The SMILES string of the molecule is CC(C)c1ccccc1N1CCCS/C1=N\C(=O)NC(C)c1ccc(-c2ncn(-c3ccc(OC(F)(F)F)cc3)n2)cc1. The molecule has 0 spiro atoms. The van der Waals surface area contributed by atoms with Gasteiger partial charge >= 0.3 is 12.4 Å². The number of nitrogens with zero attached hydrogens (tertiary/aromatic N) is 5. The van der Waals surface area contributed by atoms with E-state index in [2.05, 4.69) is 56.0 Å². The highest BCUT2D eigenvalue weighted by Gasteiger charge is 2.31. The van der Waals surface area contributed by atoms with Crippen molar-refractivity contribution >= 4 is 28.6 Å². The minimum absolute atomic E-state index is 0.293. The number of hydrogen-bond donors (Lipinski definition) is 1. The number of ether oxygens (including phenoxy) is 1. The molecule has 4 aromatic rings. The van der Waals surface area contributed by atoms with Crippen LogP contribution in [0.1, 0.15) is 50.3 Å². The van der Waals surface area contributed by atoms with Gasteiger partial charge in [-0.3, -0.25) is 0 Å². The smallest absolute Gasteiger partial charge is 0.406 e. The summed E-state index contributed by atoms with van der Waals surface area (Å²) >= 11 is 1.59. The van der Waals surface area contributed by atoms with E-state index in [1.54, 1.807) is 11.8 Å². The van der Waals surface area contributed by atoms with Crippen molar-refractivity contribution in [2.45, 2.75) is 45.5 Å².